The van der Waals surface area contributed by atoms with E-state index in [0.717, 1.165) is 12.8 Å². The van der Waals surface area contributed by atoms with E-state index in [9.17, 15) is 4.79 Å². The van der Waals surface area contributed by atoms with Crippen molar-refractivity contribution in [3.63, 3.8) is 0 Å². The van der Waals surface area contributed by atoms with Gasteiger partial charge in [-0.05, 0) is 12.6 Å². The Morgan fingerprint density at radius 3 is 1.87 bits per heavy atom. The summed E-state index contributed by atoms with van der Waals surface area (Å²) < 4.78 is 0. The van der Waals surface area contributed by atoms with Crippen molar-refractivity contribution >= 4 is 15.2 Å². The van der Waals surface area contributed by atoms with Gasteiger partial charge in [-0.25, -0.2) is 0 Å². The Balaban J connectivity index is 0. The smallest absolute Gasteiger partial charge is 0.303 e. The molecule has 0 fully saturated rings. The van der Waals surface area contributed by atoms with Gasteiger partial charge in [-0.2, -0.15) is 0 Å². The van der Waals surface area contributed by atoms with Crippen molar-refractivity contribution in [2.75, 3.05) is 6.16 Å². The normalized spacial score (nSPS) is 9.27. The second-order valence-corrected chi connectivity index (χ2v) is 4.28. The average molecular weight is 234 g/mol. The molecule has 3 heteroatoms. The molecule has 0 saturated heterocycles. The van der Waals surface area contributed by atoms with E-state index in [-0.39, 0.29) is 0 Å². The Morgan fingerprint density at radius 1 is 1.00 bits per heavy atom. The van der Waals surface area contributed by atoms with Crippen LogP contribution in [0.4, 0.5) is 0 Å². The maximum Gasteiger partial charge on any atom is 0.303 e. The zero-order valence-electron chi connectivity index (χ0n) is 10.3. The van der Waals surface area contributed by atoms with Gasteiger partial charge in [-0.15, -0.1) is 9.24 Å². The number of rotatable bonds is 8. The summed E-state index contributed by atoms with van der Waals surface area (Å²) in [4.78, 5) is 10.0. The quantitative estimate of drug-likeness (QED) is 0.507. The lowest BCUT2D eigenvalue weighted by molar-refractivity contribution is -0.137. The van der Waals surface area contributed by atoms with Crippen molar-refractivity contribution in [1.29, 1.82) is 0 Å². The Kier molecular flexibility index (Phi) is 18.8. The monoisotopic (exact) mass is 234 g/mol. The zero-order chi connectivity index (χ0) is 11.9. The summed E-state index contributed by atoms with van der Waals surface area (Å²) in [6.07, 6.45) is 9.82. The molecule has 15 heavy (non-hydrogen) atoms. The van der Waals surface area contributed by atoms with E-state index in [1.807, 2.05) is 0 Å². The van der Waals surface area contributed by atoms with E-state index in [1.54, 1.807) is 0 Å². The lowest BCUT2D eigenvalue weighted by Crippen LogP contribution is -1.93. The maximum atomic E-state index is 10.0. The highest BCUT2D eigenvalue weighted by Crippen LogP contribution is 2.04. The first-order chi connectivity index (χ1) is 7.18. The van der Waals surface area contributed by atoms with Crippen LogP contribution < -0.4 is 0 Å². The molecule has 0 amide bonds. The predicted octanol–water partition coefficient (Wildman–Crippen LogP) is 4.09. The van der Waals surface area contributed by atoms with E-state index in [1.165, 1.54) is 38.3 Å². The molecule has 92 valence electrons. The third-order valence-corrected chi connectivity index (χ3v) is 2.46. The largest absolute Gasteiger partial charge is 0.481 e. The molecule has 0 aromatic carbocycles. The van der Waals surface area contributed by atoms with Crippen LogP contribution in [-0.2, 0) is 4.79 Å². The van der Waals surface area contributed by atoms with E-state index >= 15 is 0 Å². The highest BCUT2D eigenvalue weighted by molar-refractivity contribution is 7.16. The van der Waals surface area contributed by atoms with Gasteiger partial charge < -0.3 is 5.11 Å². The Labute approximate surface area is 97.0 Å². The molecule has 1 N–H and O–H groups in total. The standard InChI is InChI=1S/C8H16O2.C4H11P/c1-2-3-4-5-6-7-8(9)10;1-2-3-4-5/h2-7H2,1H3,(H,9,10);2-5H2,1H3. The molecule has 0 heterocycles. The van der Waals surface area contributed by atoms with E-state index < -0.39 is 5.97 Å². The van der Waals surface area contributed by atoms with Crippen LogP contribution in [0, 0.1) is 0 Å². The molecule has 2 nitrogen and oxygen atoms in total. The van der Waals surface area contributed by atoms with Gasteiger partial charge in [0, 0.05) is 6.42 Å². The maximum absolute atomic E-state index is 10.0. The van der Waals surface area contributed by atoms with Crippen LogP contribution in [0.5, 0.6) is 0 Å². The molecule has 0 spiro atoms. The molecule has 0 aliphatic rings. The molecule has 0 aromatic heterocycles. The first-order valence-corrected chi connectivity index (χ1v) is 6.92. The van der Waals surface area contributed by atoms with E-state index in [4.69, 9.17) is 5.11 Å². The number of hydrogen-bond acceptors (Lipinski definition) is 1. The van der Waals surface area contributed by atoms with Crippen molar-refractivity contribution in [1.82, 2.24) is 0 Å². The van der Waals surface area contributed by atoms with Crippen molar-refractivity contribution in [3.8, 4) is 0 Å². The minimum absolute atomic E-state index is 0.337. The Morgan fingerprint density at radius 2 is 1.53 bits per heavy atom. The van der Waals surface area contributed by atoms with Crippen molar-refractivity contribution in [2.45, 2.75) is 65.2 Å². The number of hydrogen-bond donors (Lipinski definition) is 1. The second kappa shape index (κ2) is 16.3. The summed E-state index contributed by atoms with van der Waals surface area (Å²) in [6, 6.07) is 0. The lowest BCUT2D eigenvalue weighted by atomic mass is 10.1. The second-order valence-electron chi connectivity index (χ2n) is 3.70. The van der Waals surface area contributed by atoms with Crippen LogP contribution in [-0.4, -0.2) is 17.2 Å². The molecule has 0 aliphatic heterocycles. The summed E-state index contributed by atoms with van der Waals surface area (Å²) >= 11 is 0. The van der Waals surface area contributed by atoms with Crippen LogP contribution in [0.3, 0.4) is 0 Å². The molecule has 0 aliphatic carbocycles. The van der Waals surface area contributed by atoms with Gasteiger partial charge in [0.25, 0.3) is 0 Å². The molecule has 0 aromatic rings. The van der Waals surface area contributed by atoms with Gasteiger partial charge in [0.05, 0.1) is 0 Å². The third kappa shape index (κ3) is 24.9. The fourth-order valence-electron chi connectivity index (χ4n) is 1.08. The van der Waals surface area contributed by atoms with Crippen LogP contribution in [0.2, 0.25) is 0 Å². The summed E-state index contributed by atoms with van der Waals surface area (Å²) in [5.41, 5.74) is 0. The molecular formula is C12H27O2P. The minimum atomic E-state index is -0.670. The van der Waals surface area contributed by atoms with Crippen LogP contribution in [0.1, 0.15) is 65.2 Å². The van der Waals surface area contributed by atoms with E-state index in [2.05, 4.69) is 23.1 Å². The van der Waals surface area contributed by atoms with Crippen LogP contribution >= 0.6 is 9.24 Å². The van der Waals surface area contributed by atoms with Crippen molar-refractivity contribution < 1.29 is 9.90 Å². The van der Waals surface area contributed by atoms with Crippen molar-refractivity contribution in [3.05, 3.63) is 0 Å². The minimum Gasteiger partial charge on any atom is -0.481 e. The average Bonchev–Trinajstić information content (AvgIpc) is 2.19. The first kappa shape index (κ1) is 17.3. The predicted molar refractivity (Wildman–Crippen MR) is 70.5 cm³/mol. The number of carboxylic acids is 1. The number of carbonyl (C=O) groups is 1. The molecule has 0 bridgehead atoms. The lowest BCUT2D eigenvalue weighted by Gasteiger charge is -1.95. The Bertz CT molecular complexity index is 125. The zero-order valence-corrected chi connectivity index (χ0v) is 11.5. The van der Waals surface area contributed by atoms with Crippen LogP contribution in [0.25, 0.3) is 0 Å². The van der Waals surface area contributed by atoms with Gasteiger partial charge in [0.15, 0.2) is 0 Å². The SMILES string of the molecule is CCCCCCCC(=O)O.CCCCP. The number of unbranched alkanes of at least 4 members (excludes halogenated alkanes) is 5. The summed E-state index contributed by atoms with van der Waals surface area (Å²) in [6.45, 7) is 4.35. The molecule has 0 saturated carbocycles. The summed E-state index contributed by atoms with van der Waals surface area (Å²) in [5.74, 6) is -0.670. The van der Waals surface area contributed by atoms with E-state index in [0.29, 0.717) is 6.42 Å². The van der Waals surface area contributed by atoms with Gasteiger partial charge in [-0.1, -0.05) is 52.4 Å². The molecule has 0 radical (unpaired) electrons. The molecule has 0 rings (SSSR count). The van der Waals surface area contributed by atoms with Gasteiger partial charge in [0.2, 0.25) is 0 Å². The summed E-state index contributed by atoms with van der Waals surface area (Å²) in [7, 11) is 2.70. The van der Waals surface area contributed by atoms with Gasteiger partial charge in [0.1, 0.15) is 0 Å². The summed E-state index contributed by atoms with van der Waals surface area (Å²) in [5, 5.41) is 8.27. The molecular weight excluding hydrogens is 207 g/mol. The van der Waals surface area contributed by atoms with Crippen molar-refractivity contribution in [2.24, 2.45) is 0 Å². The first-order valence-electron chi connectivity index (χ1n) is 6.10. The Hall–Kier alpha value is -0.100. The van der Waals surface area contributed by atoms with Gasteiger partial charge >= 0.3 is 5.97 Å². The number of aliphatic carboxylic acids is 1. The fraction of sp³-hybridized carbons (Fsp3) is 0.917. The highest BCUT2D eigenvalue weighted by Gasteiger charge is 1.94. The molecule has 1 atom stereocenters. The number of carboxylic acid groups (broad SMARTS) is 1. The molecule has 1 unspecified atom stereocenters. The van der Waals surface area contributed by atoms with Crippen LogP contribution in [0.15, 0.2) is 0 Å². The third-order valence-electron chi connectivity index (χ3n) is 2.05. The fourth-order valence-corrected chi connectivity index (χ4v) is 1.49. The highest BCUT2D eigenvalue weighted by atomic mass is 31.0. The topological polar surface area (TPSA) is 37.3 Å². The van der Waals surface area contributed by atoms with Gasteiger partial charge in [-0.3, -0.25) is 4.79 Å².